The Kier molecular flexibility index (Phi) is 4.95. The average Bonchev–Trinajstić information content (AvgIpc) is 2.92. The summed E-state index contributed by atoms with van der Waals surface area (Å²) in [5, 5.41) is 17.1. The molecule has 2 aromatic rings. The van der Waals surface area contributed by atoms with Crippen molar-refractivity contribution in [1.82, 2.24) is 25.3 Å². The maximum atomic E-state index is 4.50. The van der Waals surface area contributed by atoms with Crippen molar-refractivity contribution in [2.24, 2.45) is 13.0 Å². The molecule has 0 spiro atoms. The van der Waals surface area contributed by atoms with Gasteiger partial charge in [-0.1, -0.05) is 25.2 Å². The van der Waals surface area contributed by atoms with Crippen LogP contribution in [0.2, 0.25) is 0 Å². The molecule has 19 heavy (non-hydrogen) atoms. The van der Waals surface area contributed by atoms with Gasteiger partial charge >= 0.3 is 0 Å². The van der Waals surface area contributed by atoms with Gasteiger partial charge in [0.05, 0.1) is 5.69 Å². The Bertz CT molecular complexity index is 518. The molecule has 0 bridgehead atoms. The van der Waals surface area contributed by atoms with Crippen molar-refractivity contribution in [2.45, 2.75) is 36.7 Å². The van der Waals surface area contributed by atoms with Gasteiger partial charge in [0.1, 0.15) is 10.5 Å². The fourth-order valence-corrected chi connectivity index (χ4v) is 3.39. The van der Waals surface area contributed by atoms with Crippen LogP contribution in [0.3, 0.4) is 0 Å². The summed E-state index contributed by atoms with van der Waals surface area (Å²) in [5.41, 5.74) is 4.08. The molecule has 2 heterocycles. The Morgan fingerprint density at radius 1 is 1.47 bits per heavy atom. The van der Waals surface area contributed by atoms with E-state index in [1.54, 1.807) is 28.6 Å². The number of rotatable bonds is 6. The Hall–Kier alpha value is -0.920. The maximum absolute atomic E-state index is 4.50. The number of nitrogens with zero attached hydrogens (tertiary/aromatic N) is 4. The smallest absolute Gasteiger partial charge is 0.180 e. The molecule has 7 heteroatoms. The molecular formula is C12H19N5S2. The number of nitrogens with one attached hydrogen (secondary N) is 1. The van der Waals surface area contributed by atoms with Crippen LogP contribution in [0, 0.1) is 12.8 Å². The highest BCUT2D eigenvalue weighted by Gasteiger charge is 2.15. The Balaban J connectivity index is 2.12. The van der Waals surface area contributed by atoms with E-state index in [-0.39, 0.29) is 0 Å². The van der Waals surface area contributed by atoms with Crippen molar-refractivity contribution in [1.29, 1.82) is 0 Å². The van der Waals surface area contributed by atoms with E-state index in [4.69, 9.17) is 0 Å². The van der Waals surface area contributed by atoms with Gasteiger partial charge in [0, 0.05) is 19.2 Å². The van der Waals surface area contributed by atoms with Gasteiger partial charge in [0.2, 0.25) is 0 Å². The van der Waals surface area contributed by atoms with Gasteiger partial charge in [-0.25, -0.2) is 0 Å². The molecule has 0 radical (unpaired) electrons. The molecule has 0 fully saturated rings. The maximum Gasteiger partial charge on any atom is 0.180 e. The van der Waals surface area contributed by atoms with Crippen LogP contribution in [0.15, 0.2) is 14.9 Å². The predicted molar refractivity (Wildman–Crippen MR) is 78.5 cm³/mol. The van der Waals surface area contributed by atoms with Gasteiger partial charge in [-0.15, -0.1) is 10.2 Å². The third-order valence-electron chi connectivity index (χ3n) is 2.67. The number of hydrogen-bond donors (Lipinski definition) is 1. The fraction of sp³-hybridized carbons (Fsp3) is 0.583. The van der Waals surface area contributed by atoms with Crippen molar-refractivity contribution in [3.05, 3.63) is 16.8 Å². The van der Waals surface area contributed by atoms with E-state index in [9.17, 15) is 0 Å². The Morgan fingerprint density at radius 3 is 2.89 bits per heavy atom. The van der Waals surface area contributed by atoms with E-state index in [1.807, 2.05) is 11.7 Å². The summed E-state index contributed by atoms with van der Waals surface area (Å²) in [6.07, 6.45) is 0. The molecule has 0 aliphatic carbocycles. The monoisotopic (exact) mass is 297 g/mol. The van der Waals surface area contributed by atoms with Crippen LogP contribution in [0.25, 0.3) is 0 Å². The third-order valence-corrected chi connectivity index (χ3v) is 4.65. The Morgan fingerprint density at radius 2 is 2.26 bits per heavy atom. The second-order valence-electron chi connectivity index (χ2n) is 4.82. The highest BCUT2D eigenvalue weighted by Crippen LogP contribution is 2.32. The molecule has 2 rings (SSSR count). The molecule has 0 atom stereocenters. The molecule has 5 nitrogen and oxygen atoms in total. The quantitative estimate of drug-likeness (QED) is 0.887. The topological polar surface area (TPSA) is 55.6 Å². The minimum absolute atomic E-state index is 0.649. The third kappa shape index (κ3) is 3.77. The zero-order chi connectivity index (χ0) is 13.8. The second-order valence-corrected chi connectivity index (χ2v) is 6.89. The molecule has 1 N–H and O–H groups in total. The molecular weight excluding hydrogens is 278 g/mol. The zero-order valence-corrected chi connectivity index (χ0v) is 13.3. The molecule has 0 saturated heterocycles. The minimum atomic E-state index is 0.649. The van der Waals surface area contributed by atoms with E-state index in [0.29, 0.717) is 5.92 Å². The van der Waals surface area contributed by atoms with E-state index < -0.39 is 0 Å². The van der Waals surface area contributed by atoms with Gasteiger partial charge in [-0.3, -0.25) is 4.68 Å². The van der Waals surface area contributed by atoms with Crippen LogP contribution in [-0.4, -0.2) is 26.5 Å². The van der Waals surface area contributed by atoms with Crippen molar-refractivity contribution in [2.75, 3.05) is 6.54 Å². The van der Waals surface area contributed by atoms with Crippen LogP contribution in [0.4, 0.5) is 0 Å². The summed E-state index contributed by atoms with van der Waals surface area (Å²) in [6, 6.07) is 0. The van der Waals surface area contributed by atoms with E-state index in [0.717, 1.165) is 28.1 Å². The minimum Gasteiger partial charge on any atom is -0.312 e. The summed E-state index contributed by atoms with van der Waals surface area (Å²) in [7, 11) is 1.97. The predicted octanol–water partition coefficient (Wildman–Crippen LogP) is 2.48. The first kappa shape index (κ1) is 14.5. The van der Waals surface area contributed by atoms with Crippen molar-refractivity contribution >= 4 is 23.1 Å². The summed E-state index contributed by atoms with van der Waals surface area (Å²) >= 11 is 3.18. The van der Waals surface area contributed by atoms with E-state index in [2.05, 4.69) is 41.4 Å². The lowest BCUT2D eigenvalue weighted by Crippen LogP contribution is -2.19. The lowest BCUT2D eigenvalue weighted by Gasteiger charge is -2.08. The highest BCUT2D eigenvalue weighted by molar-refractivity contribution is 8.01. The van der Waals surface area contributed by atoms with Gasteiger partial charge in [0.15, 0.2) is 4.34 Å². The summed E-state index contributed by atoms with van der Waals surface area (Å²) in [6.45, 7) is 8.33. The van der Waals surface area contributed by atoms with Gasteiger partial charge in [0.25, 0.3) is 0 Å². The summed E-state index contributed by atoms with van der Waals surface area (Å²) in [5.74, 6) is 0.649. The molecule has 2 aromatic heterocycles. The normalized spacial score (nSPS) is 11.4. The lowest BCUT2D eigenvalue weighted by atomic mass is 10.2. The molecule has 0 aliphatic heterocycles. The SMILES string of the molecule is Cc1nn(C)c(Sc2nncs2)c1CNCC(C)C. The lowest BCUT2D eigenvalue weighted by molar-refractivity contribution is 0.548. The largest absolute Gasteiger partial charge is 0.312 e. The van der Waals surface area contributed by atoms with Crippen molar-refractivity contribution in [3.63, 3.8) is 0 Å². The number of aryl methyl sites for hydroxylation is 2. The summed E-state index contributed by atoms with van der Waals surface area (Å²) < 4.78 is 2.88. The van der Waals surface area contributed by atoms with Crippen LogP contribution in [0.1, 0.15) is 25.1 Å². The molecule has 104 valence electrons. The number of aromatic nitrogens is 4. The van der Waals surface area contributed by atoms with Gasteiger partial charge in [-0.05, 0) is 31.1 Å². The fourth-order valence-electron chi connectivity index (χ4n) is 1.79. The Labute approximate surface area is 121 Å². The van der Waals surface area contributed by atoms with Gasteiger partial charge in [-0.2, -0.15) is 5.10 Å². The molecule has 0 aliphatic rings. The van der Waals surface area contributed by atoms with Crippen LogP contribution >= 0.6 is 23.1 Å². The molecule has 0 amide bonds. The van der Waals surface area contributed by atoms with E-state index >= 15 is 0 Å². The van der Waals surface area contributed by atoms with Crippen LogP contribution in [-0.2, 0) is 13.6 Å². The first-order chi connectivity index (χ1) is 9.08. The first-order valence-electron chi connectivity index (χ1n) is 6.25. The summed E-state index contributed by atoms with van der Waals surface area (Å²) in [4.78, 5) is 0. The average molecular weight is 297 g/mol. The van der Waals surface area contributed by atoms with Gasteiger partial charge < -0.3 is 5.32 Å². The first-order valence-corrected chi connectivity index (χ1v) is 7.94. The highest BCUT2D eigenvalue weighted by atomic mass is 32.2. The second kappa shape index (κ2) is 6.49. The zero-order valence-electron chi connectivity index (χ0n) is 11.7. The molecule has 0 saturated carbocycles. The molecule has 0 aromatic carbocycles. The standard InChI is InChI=1S/C12H19N5S2/c1-8(2)5-13-6-10-9(3)16-17(4)11(10)19-12-15-14-7-18-12/h7-8,13H,5-6H2,1-4H3. The molecule has 0 unspecified atom stereocenters. The van der Waals surface area contributed by atoms with Crippen LogP contribution < -0.4 is 5.32 Å². The van der Waals surface area contributed by atoms with Crippen molar-refractivity contribution < 1.29 is 0 Å². The number of hydrogen-bond acceptors (Lipinski definition) is 6. The van der Waals surface area contributed by atoms with Crippen LogP contribution in [0.5, 0.6) is 0 Å². The van der Waals surface area contributed by atoms with E-state index in [1.165, 1.54) is 5.56 Å². The van der Waals surface area contributed by atoms with Crippen molar-refractivity contribution in [3.8, 4) is 0 Å².